The van der Waals surface area contributed by atoms with Crippen LogP contribution in [0.3, 0.4) is 0 Å². The summed E-state index contributed by atoms with van der Waals surface area (Å²) in [4.78, 5) is 0. The number of nitrogens with one attached hydrogen (secondary N) is 1. The van der Waals surface area contributed by atoms with Crippen molar-refractivity contribution in [3.8, 4) is 0 Å². The number of nitrogens with zero attached hydrogens (tertiary/aromatic N) is 4. The molecule has 1 aliphatic carbocycles. The average Bonchev–Trinajstić information content (AvgIpc) is 2.77. The lowest BCUT2D eigenvalue weighted by molar-refractivity contribution is 0.246. The molecule has 1 aromatic heterocycles. The fourth-order valence-electron chi connectivity index (χ4n) is 2.84. The second-order valence-corrected chi connectivity index (χ2v) is 5.59. The molecule has 18 heavy (non-hydrogen) atoms. The van der Waals surface area contributed by atoms with Crippen molar-refractivity contribution in [3.05, 3.63) is 5.82 Å². The van der Waals surface area contributed by atoms with Crippen LogP contribution in [-0.4, -0.2) is 26.8 Å². The van der Waals surface area contributed by atoms with Gasteiger partial charge in [-0.15, -0.1) is 5.10 Å². The minimum absolute atomic E-state index is 0.752. The van der Waals surface area contributed by atoms with E-state index in [0.29, 0.717) is 0 Å². The molecule has 0 aromatic carbocycles. The molecular formula is C13H25N5. The Kier molecular flexibility index (Phi) is 5.11. The second kappa shape index (κ2) is 6.83. The summed E-state index contributed by atoms with van der Waals surface area (Å²) >= 11 is 0. The van der Waals surface area contributed by atoms with E-state index in [1.54, 1.807) is 0 Å². The molecule has 5 heteroatoms. The van der Waals surface area contributed by atoms with Gasteiger partial charge < -0.3 is 5.32 Å². The predicted molar refractivity (Wildman–Crippen MR) is 70.9 cm³/mol. The van der Waals surface area contributed by atoms with Crippen LogP contribution >= 0.6 is 0 Å². The highest BCUT2D eigenvalue weighted by atomic mass is 15.5. The number of aromatic nitrogens is 4. The van der Waals surface area contributed by atoms with Gasteiger partial charge in [0, 0.05) is 6.54 Å². The molecule has 0 bridgehead atoms. The van der Waals surface area contributed by atoms with Crippen molar-refractivity contribution >= 4 is 0 Å². The largest absolute Gasteiger partial charge is 0.310 e. The molecule has 0 saturated heterocycles. The molecule has 1 saturated carbocycles. The minimum Gasteiger partial charge on any atom is -0.310 e. The van der Waals surface area contributed by atoms with Crippen LogP contribution in [0.1, 0.15) is 51.8 Å². The molecule has 1 aromatic rings. The first-order valence-electron chi connectivity index (χ1n) is 7.25. The number of hydrogen-bond acceptors (Lipinski definition) is 4. The summed E-state index contributed by atoms with van der Waals surface area (Å²) in [6, 6.07) is 0. The Hall–Kier alpha value is -0.970. The molecule has 0 spiro atoms. The smallest absolute Gasteiger partial charge is 0.165 e. The predicted octanol–water partition coefficient (Wildman–Crippen LogP) is 2.00. The highest BCUT2D eigenvalue weighted by molar-refractivity contribution is 4.81. The van der Waals surface area contributed by atoms with Crippen molar-refractivity contribution in [2.45, 2.75) is 59.0 Å². The van der Waals surface area contributed by atoms with Crippen molar-refractivity contribution in [3.63, 3.8) is 0 Å². The topological polar surface area (TPSA) is 55.6 Å². The zero-order valence-corrected chi connectivity index (χ0v) is 11.6. The van der Waals surface area contributed by atoms with Gasteiger partial charge in [-0.05, 0) is 48.1 Å². The summed E-state index contributed by atoms with van der Waals surface area (Å²) < 4.78 is 1.99. The van der Waals surface area contributed by atoms with Gasteiger partial charge in [0.05, 0.1) is 6.54 Å². The standard InChI is InChI=1S/C13H25N5/c1-3-7-14-9-13-15-16-17-18(13)10-12-6-4-5-11(2)8-12/h11-12,14H,3-10H2,1-2H3. The van der Waals surface area contributed by atoms with Crippen LogP contribution in [0.4, 0.5) is 0 Å². The molecule has 2 unspecified atom stereocenters. The molecule has 1 aliphatic rings. The minimum atomic E-state index is 0.752. The van der Waals surface area contributed by atoms with Gasteiger partial charge in [-0.3, -0.25) is 0 Å². The summed E-state index contributed by atoms with van der Waals surface area (Å²) in [5, 5.41) is 15.4. The molecule has 1 heterocycles. The summed E-state index contributed by atoms with van der Waals surface area (Å²) in [7, 11) is 0. The van der Waals surface area contributed by atoms with E-state index in [-0.39, 0.29) is 0 Å². The van der Waals surface area contributed by atoms with Crippen LogP contribution in [0.5, 0.6) is 0 Å². The van der Waals surface area contributed by atoms with Crippen LogP contribution in [0.2, 0.25) is 0 Å². The fraction of sp³-hybridized carbons (Fsp3) is 0.923. The van der Waals surface area contributed by atoms with Crippen LogP contribution < -0.4 is 5.32 Å². The monoisotopic (exact) mass is 251 g/mol. The summed E-state index contributed by atoms with van der Waals surface area (Å²) in [6.45, 7) is 7.31. The maximum Gasteiger partial charge on any atom is 0.165 e. The Balaban J connectivity index is 1.86. The van der Waals surface area contributed by atoms with E-state index < -0.39 is 0 Å². The first-order chi connectivity index (χ1) is 8.79. The molecule has 0 amide bonds. The van der Waals surface area contributed by atoms with Gasteiger partial charge >= 0.3 is 0 Å². The summed E-state index contributed by atoms with van der Waals surface area (Å²) in [6.07, 6.45) is 6.53. The third-order valence-corrected chi connectivity index (χ3v) is 3.79. The van der Waals surface area contributed by atoms with E-state index in [9.17, 15) is 0 Å². The lowest BCUT2D eigenvalue weighted by Gasteiger charge is -2.26. The molecular weight excluding hydrogens is 226 g/mol. The van der Waals surface area contributed by atoms with E-state index in [1.807, 2.05) is 4.68 Å². The third-order valence-electron chi connectivity index (χ3n) is 3.79. The SMILES string of the molecule is CCCNCc1nnnn1CC1CCCC(C)C1. The third kappa shape index (κ3) is 3.77. The Bertz CT molecular complexity index is 349. The second-order valence-electron chi connectivity index (χ2n) is 5.59. The van der Waals surface area contributed by atoms with Crippen molar-refractivity contribution in [1.29, 1.82) is 0 Å². The fourth-order valence-corrected chi connectivity index (χ4v) is 2.84. The van der Waals surface area contributed by atoms with E-state index in [0.717, 1.165) is 43.7 Å². The first kappa shape index (κ1) is 13.5. The van der Waals surface area contributed by atoms with Crippen molar-refractivity contribution < 1.29 is 0 Å². The molecule has 5 nitrogen and oxygen atoms in total. The van der Waals surface area contributed by atoms with E-state index in [1.165, 1.54) is 25.7 Å². The van der Waals surface area contributed by atoms with Gasteiger partial charge in [0.2, 0.25) is 0 Å². The molecule has 2 rings (SSSR count). The van der Waals surface area contributed by atoms with Crippen LogP contribution in [0.25, 0.3) is 0 Å². The highest BCUT2D eigenvalue weighted by Crippen LogP contribution is 2.29. The van der Waals surface area contributed by atoms with E-state index in [2.05, 4.69) is 34.7 Å². The summed E-state index contributed by atoms with van der Waals surface area (Å²) in [5.41, 5.74) is 0. The average molecular weight is 251 g/mol. The quantitative estimate of drug-likeness (QED) is 0.786. The number of tetrazole rings is 1. The van der Waals surface area contributed by atoms with Gasteiger partial charge in [0.25, 0.3) is 0 Å². The normalized spacial score (nSPS) is 24.3. The summed E-state index contributed by atoms with van der Waals surface area (Å²) in [5.74, 6) is 2.59. The van der Waals surface area contributed by atoms with Crippen molar-refractivity contribution in [1.82, 2.24) is 25.5 Å². The van der Waals surface area contributed by atoms with E-state index >= 15 is 0 Å². The van der Waals surface area contributed by atoms with Crippen LogP contribution in [0.15, 0.2) is 0 Å². The number of rotatable bonds is 6. The molecule has 0 radical (unpaired) electrons. The Morgan fingerprint density at radius 3 is 3.06 bits per heavy atom. The molecule has 102 valence electrons. The lowest BCUT2D eigenvalue weighted by atomic mass is 9.82. The maximum atomic E-state index is 4.13. The van der Waals surface area contributed by atoms with Gasteiger partial charge in [-0.25, -0.2) is 4.68 Å². The van der Waals surface area contributed by atoms with Crippen molar-refractivity contribution in [2.75, 3.05) is 6.54 Å². The Morgan fingerprint density at radius 2 is 2.28 bits per heavy atom. The maximum absolute atomic E-state index is 4.13. The van der Waals surface area contributed by atoms with Crippen LogP contribution in [0, 0.1) is 11.8 Å². The molecule has 1 fully saturated rings. The van der Waals surface area contributed by atoms with Crippen LogP contribution in [-0.2, 0) is 13.1 Å². The Morgan fingerprint density at radius 1 is 1.39 bits per heavy atom. The Labute approximate surface area is 109 Å². The zero-order valence-electron chi connectivity index (χ0n) is 11.6. The van der Waals surface area contributed by atoms with Gasteiger partial charge in [-0.2, -0.15) is 0 Å². The van der Waals surface area contributed by atoms with Gasteiger partial charge in [0.1, 0.15) is 0 Å². The number of hydrogen-bond donors (Lipinski definition) is 1. The van der Waals surface area contributed by atoms with Gasteiger partial charge in [-0.1, -0.05) is 26.7 Å². The zero-order chi connectivity index (χ0) is 12.8. The van der Waals surface area contributed by atoms with E-state index in [4.69, 9.17) is 0 Å². The first-order valence-corrected chi connectivity index (χ1v) is 7.25. The lowest BCUT2D eigenvalue weighted by Crippen LogP contribution is -2.23. The van der Waals surface area contributed by atoms with Crippen molar-refractivity contribution in [2.24, 2.45) is 11.8 Å². The van der Waals surface area contributed by atoms with Gasteiger partial charge in [0.15, 0.2) is 5.82 Å². The highest BCUT2D eigenvalue weighted by Gasteiger charge is 2.20. The molecule has 2 atom stereocenters. The molecule has 0 aliphatic heterocycles. The molecule has 1 N–H and O–H groups in total.